The summed E-state index contributed by atoms with van der Waals surface area (Å²) >= 11 is 3.44. The van der Waals surface area contributed by atoms with E-state index in [0.29, 0.717) is 12.0 Å². The van der Waals surface area contributed by atoms with Gasteiger partial charge in [0, 0.05) is 4.48 Å². The van der Waals surface area contributed by atoms with Crippen LogP contribution in [0, 0.1) is 17.3 Å². The highest BCUT2D eigenvalue weighted by Gasteiger charge is 2.34. The van der Waals surface area contributed by atoms with Crippen molar-refractivity contribution >= 4 is 21.8 Å². The van der Waals surface area contributed by atoms with Gasteiger partial charge in [0.15, 0.2) is 0 Å². The molecule has 0 saturated carbocycles. The van der Waals surface area contributed by atoms with Crippen LogP contribution < -0.4 is 5.73 Å². The number of hydrogen-bond acceptors (Lipinski definition) is 3. The Kier molecular flexibility index (Phi) is 12.9. The average molecular weight is 462 g/mol. The van der Waals surface area contributed by atoms with E-state index >= 15 is 0 Å². The Labute approximate surface area is 183 Å². The minimum atomic E-state index is -1.03. The summed E-state index contributed by atoms with van der Waals surface area (Å²) in [6, 6.07) is 0. The number of allylic oxidation sites excluding steroid dienone is 9. The summed E-state index contributed by atoms with van der Waals surface area (Å²) in [6.07, 6.45) is 15.3. The van der Waals surface area contributed by atoms with Gasteiger partial charge in [-0.25, -0.2) is 0 Å². The van der Waals surface area contributed by atoms with E-state index in [2.05, 4.69) is 27.8 Å². The van der Waals surface area contributed by atoms with Gasteiger partial charge >= 0.3 is 0 Å². The van der Waals surface area contributed by atoms with Crippen LogP contribution in [-0.2, 0) is 4.79 Å². The van der Waals surface area contributed by atoms with Crippen LogP contribution in [0.4, 0.5) is 0 Å². The average Bonchev–Trinajstić information content (AvgIpc) is 2.68. The van der Waals surface area contributed by atoms with Gasteiger partial charge in [-0.2, -0.15) is 0 Å². The van der Waals surface area contributed by atoms with Gasteiger partial charge in [0.2, 0.25) is 5.91 Å². The normalized spacial score (nSPS) is 16.3. The maximum absolute atomic E-state index is 11.4. The van der Waals surface area contributed by atoms with Crippen LogP contribution in [0.1, 0.15) is 41.0 Å². The van der Waals surface area contributed by atoms with Gasteiger partial charge in [0.1, 0.15) is 0 Å². The van der Waals surface area contributed by atoms with Crippen LogP contribution in [0.2, 0.25) is 0 Å². The molecular weight excluding hydrogens is 430 g/mol. The first-order chi connectivity index (χ1) is 13.6. The Hall–Kier alpha value is -2.13. The molecule has 0 aromatic rings. The molecule has 4 nitrogen and oxygen atoms in total. The van der Waals surface area contributed by atoms with E-state index in [-0.39, 0.29) is 0 Å². The van der Waals surface area contributed by atoms with E-state index in [0.717, 1.165) is 10.1 Å². The van der Waals surface area contributed by atoms with Crippen molar-refractivity contribution in [3.05, 3.63) is 70.3 Å². The first-order valence-corrected chi connectivity index (χ1v) is 10.1. The summed E-state index contributed by atoms with van der Waals surface area (Å²) in [6.45, 7) is 8.65. The standard InChI is InChI=1S/C24H32BrNO3/c1-6-7-8-9-10-14-17-20(27)21(25)18(2)15-12-11-13-16-19(3)22(28)24(4,5)23(26)29/h8-16,20,22,27-28H,17H2,1-5H3,(H2,26,29)/b9-8-,13-11+,14-10+,15-12+,19-16-,21-18-. The zero-order valence-electron chi connectivity index (χ0n) is 17.8. The monoisotopic (exact) mass is 461 g/mol. The number of aliphatic hydroxyl groups excluding tert-OH is 2. The minimum Gasteiger partial charge on any atom is -0.388 e. The largest absolute Gasteiger partial charge is 0.388 e. The molecule has 5 heteroatoms. The molecule has 2 unspecified atom stereocenters. The third-order valence-corrected chi connectivity index (χ3v) is 5.43. The van der Waals surface area contributed by atoms with E-state index in [1.54, 1.807) is 45.9 Å². The topological polar surface area (TPSA) is 83.6 Å². The van der Waals surface area contributed by atoms with E-state index < -0.39 is 23.5 Å². The molecule has 0 fully saturated rings. The zero-order valence-corrected chi connectivity index (χ0v) is 19.4. The maximum atomic E-state index is 11.4. The second-order valence-electron chi connectivity index (χ2n) is 7.11. The lowest BCUT2D eigenvalue weighted by atomic mass is 9.82. The second kappa shape index (κ2) is 13.9. The maximum Gasteiger partial charge on any atom is 0.226 e. The SMILES string of the molecule is CC#C/C=C\C=C\CC(O)/C(Br)=C(C)/C=C/C=C/C=C(/C)C(O)C(C)(C)C(N)=O. The number of carbonyl (C=O) groups is 1. The number of amides is 1. The van der Waals surface area contributed by atoms with Gasteiger partial charge in [-0.3, -0.25) is 4.79 Å². The van der Waals surface area contributed by atoms with Crippen molar-refractivity contribution in [1.82, 2.24) is 0 Å². The predicted octanol–water partition coefficient (Wildman–Crippen LogP) is 4.47. The molecule has 2 atom stereocenters. The van der Waals surface area contributed by atoms with Gasteiger partial charge in [-0.05, 0) is 58.3 Å². The highest BCUT2D eigenvalue weighted by molar-refractivity contribution is 9.11. The van der Waals surface area contributed by atoms with E-state index in [1.165, 1.54) is 0 Å². The van der Waals surface area contributed by atoms with Crippen LogP contribution >= 0.6 is 15.9 Å². The number of rotatable bonds is 10. The predicted molar refractivity (Wildman–Crippen MR) is 125 cm³/mol. The molecular formula is C24H32BrNO3. The summed E-state index contributed by atoms with van der Waals surface area (Å²) in [5, 5.41) is 20.5. The van der Waals surface area contributed by atoms with Crippen LogP contribution in [0.15, 0.2) is 70.3 Å². The van der Waals surface area contributed by atoms with Crippen LogP contribution in [-0.4, -0.2) is 28.3 Å². The van der Waals surface area contributed by atoms with Gasteiger partial charge in [-0.15, -0.1) is 5.92 Å². The zero-order chi connectivity index (χ0) is 22.4. The molecule has 0 radical (unpaired) electrons. The first-order valence-electron chi connectivity index (χ1n) is 9.33. The van der Waals surface area contributed by atoms with E-state index in [4.69, 9.17) is 5.73 Å². The fourth-order valence-electron chi connectivity index (χ4n) is 2.19. The minimum absolute atomic E-state index is 0.487. The van der Waals surface area contributed by atoms with Gasteiger partial charge in [-0.1, -0.05) is 70.5 Å². The molecule has 158 valence electrons. The van der Waals surface area contributed by atoms with Gasteiger partial charge < -0.3 is 15.9 Å². The number of hydrogen-bond donors (Lipinski definition) is 3. The summed E-state index contributed by atoms with van der Waals surface area (Å²) in [5.74, 6) is 5.04. The first kappa shape index (κ1) is 26.9. The van der Waals surface area contributed by atoms with Crippen molar-refractivity contribution in [3.63, 3.8) is 0 Å². The number of aliphatic hydroxyl groups is 2. The number of primary amides is 1. The molecule has 29 heavy (non-hydrogen) atoms. The Morgan fingerprint density at radius 2 is 1.79 bits per heavy atom. The molecule has 0 aliphatic heterocycles. The third kappa shape index (κ3) is 10.3. The highest BCUT2D eigenvalue weighted by atomic mass is 79.9. The molecule has 1 amide bonds. The Morgan fingerprint density at radius 3 is 2.38 bits per heavy atom. The summed E-state index contributed by atoms with van der Waals surface area (Å²) in [4.78, 5) is 11.4. The Morgan fingerprint density at radius 1 is 1.14 bits per heavy atom. The summed E-state index contributed by atoms with van der Waals surface area (Å²) in [5.41, 5.74) is 5.85. The molecule has 0 aliphatic rings. The fraction of sp³-hybridized carbons (Fsp3) is 0.375. The second-order valence-corrected chi connectivity index (χ2v) is 7.96. The number of carbonyl (C=O) groups excluding carboxylic acids is 1. The lowest BCUT2D eigenvalue weighted by Crippen LogP contribution is -2.42. The molecule has 0 aromatic carbocycles. The number of nitrogens with two attached hydrogens (primary N) is 1. The van der Waals surface area contributed by atoms with Crippen molar-refractivity contribution in [1.29, 1.82) is 0 Å². The van der Waals surface area contributed by atoms with Crippen LogP contribution in [0.25, 0.3) is 0 Å². The van der Waals surface area contributed by atoms with Crippen LogP contribution in [0.5, 0.6) is 0 Å². The van der Waals surface area contributed by atoms with Crippen molar-refractivity contribution in [2.24, 2.45) is 11.1 Å². The smallest absolute Gasteiger partial charge is 0.226 e. The molecule has 4 N–H and O–H groups in total. The number of halogens is 1. The van der Waals surface area contributed by atoms with Crippen molar-refractivity contribution in [2.45, 2.75) is 53.2 Å². The molecule has 0 spiro atoms. The highest BCUT2D eigenvalue weighted by Crippen LogP contribution is 2.25. The Balaban J connectivity index is 4.87. The molecule has 0 rings (SSSR count). The third-order valence-electron chi connectivity index (χ3n) is 4.28. The van der Waals surface area contributed by atoms with Crippen molar-refractivity contribution in [3.8, 4) is 11.8 Å². The molecule has 0 aliphatic carbocycles. The molecule has 0 aromatic heterocycles. The molecule has 0 saturated heterocycles. The van der Waals surface area contributed by atoms with E-state index in [9.17, 15) is 15.0 Å². The Bertz CT molecular complexity index is 787. The van der Waals surface area contributed by atoms with Crippen molar-refractivity contribution < 1.29 is 15.0 Å². The molecule has 0 bridgehead atoms. The summed E-state index contributed by atoms with van der Waals surface area (Å²) < 4.78 is 0.717. The summed E-state index contributed by atoms with van der Waals surface area (Å²) in [7, 11) is 0. The quantitative estimate of drug-likeness (QED) is 0.331. The lowest BCUT2D eigenvalue weighted by molar-refractivity contribution is -0.130. The molecule has 0 heterocycles. The lowest BCUT2D eigenvalue weighted by Gasteiger charge is -2.27. The van der Waals surface area contributed by atoms with Gasteiger partial charge in [0.05, 0.1) is 17.6 Å². The van der Waals surface area contributed by atoms with Crippen molar-refractivity contribution in [2.75, 3.05) is 0 Å². The van der Waals surface area contributed by atoms with Crippen LogP contribution in [0.3, 0.4) is 0 Å². The van der Waals surface area contributed by atoms with Gasteiger partial charge in [0.25, 0.3) is 0 Å². The van der Waals surface area contributed by atoms with E-state index in [1.807, 2.05) is 43.4 Å². The fourth-order valence-corrected chi connectivity index (χ4v) is 2.50.